The quantitative estimate of drug-likeness (QED) is 0.773. The van der Waals surface area contributed by atoms with Crippen LogP contribution in [0.5, 0.6) is 0 Å². The summed E-state index contributed by atoms with van der Waals surface area (Å²) in [4.78, 5) is 19.9. The first-order valence-corrected chi connectivity index (χ1v) is 7.86. The summed E-state index contributed by atoms with van der Waals surface area (Å²) in [5.74, 6) is 1.35. The number of carbonyl (C=O) groups is 1. The first kappa shape index (κ1) is 16.2. The zero-order chi connectivity index (χ0) is 17.5. The molecule has 0 radical (unpaired) electrons. The van der Waals surface area contributed by atoms with Gasteiger partial charge < -0.3 is 10.3 Å². The van der Waals surface area contributed by atoms with Gasteiger partial charge in [-0.05, 0) is 26.0 Å². The minimum Gasteiger partial charge on any atom is -0.347 e. The summed E-state index contributed by atoms with van der Waals surface area (Å²) in [6, 6.07) is 3.56. The average molecular weight is 326 g/mol. The second-order valence-corrected chi connectivity index (χ2v) is 7.44. The first-order valence-electron chi connectivity index (χ1n) is 7.86. The van der Waals surface area contributed by atoms with E-state index in [-0.39, 0.29) is 11.3 Å². The normalized spacial score (nSPS) is 12.5. The zero-order valence-corrected chi connectivity index (χ0v) is 14.6. The maximum Gasteiger partial charge on any atom is 0.253 e. The fourth-order valence-electron chi connectivity index (χ4n) is 2.56. The van der Waals surface area contributed by atoms with Crippen molar-refractivity contribution >= 4 is 11.6 Å². The Hall–Kier alpha value is -2.70. The van der Waals surface area contributed by atoms with Gasteiger partial charge in [-0.15, -0.1) is 10.2 Å². The highest BCUT2D eigenvalue weighted by Crippen LogP contribution is 2.22. The van der Waals surface area contributed by atoms with E-state index in [0.717, 1.165) is 11.5 Å². The van der Waals surface area contributed by atoms with Crippen LogP contribution < -0.4 is 5.32 Å². The summed E-state index contributed by atoms with van der Waals surface area (Å²) in [5.41, 5.74) is 0.506. The van der Waals surface area contributed by atoms with Gasteiger partial charge in [0.25, 0.3) is 5.91 Å². The van der Waals surface area contributed by atoms with Crippen molar-refractivity contribution in [3.8, 4) is 0 Å². The third kappa shape index (κ3) is 2.89. The molecule has 0 aromatic carbocycles. The van der Waals surface area contributed by atoms with Gasteiger partial charge in [0.1, 0.15) is 11.6 Å². The predicted molar refractivity (Wildman–Crippen MR) is 90.8 cm³/mol. The van der Waals surface area contributed by atoms with Crippen LogP contribution in [0.4, 0.5) is 0 Å². The van der Waals surface area contributed by atoms with Gasteiger partial charge in [0, 0.05) is 24.0 Å². The Bertz CT molecular complexity index is 870. The Kier molecular flexibility index (Phi) is 3.66. The van der Waals surface area contributed by atoms with E-state index < -0.39 is 5.54 Å². The Balaban J connectivity index is 1.93. The predicted octanol–water partition coefficient (Wildman–Crippen LogP) is 2.42. The summed E-state index contributed by atoms with van der Waals surface area (Å²) < 4.78 is 1.87. The molecule has 0 fully saturated rings. The van der Waals surface area contributed by atoms with Crippen LogP contribution in [-0.2, 0) is 11.0 Å². The standard InChI is InChI=1S/C17H22N6O/c1-16(2,3)15-22-21-12-7-6-11(10-23(12)15)13(24)20-17(4,5)14-18-8-9-19-14/h6-10H,1-5H3,(H,18,19)(H,20,24). The molecule has 3 heterocycles. The topological polar surface area (TPSA) is 88.0 Å². The van der Waals surface area contributed by atoms with Gasteiger partial charge in [-0.25, -0.2) is 4.98 Å². The lowest BCUT2D eigenvalue weighted by molar-refractivity contribution is 0.0908. The van der Waals surface area contributed by atoms with E-state index in [0.29, 0.717) is 11.4 Å². The Morgan fingerprint density at radius 2 is 1.92 bits per heavy atom. The molecule has 7 nitrogen and oxygen atoms in total. The third-order valence-electron chi connectivity index (χ3n) is 3.85. The van der Waals surface area contributed by atoms with Crippen molar-refractivity contribution < 1.29 is 4.79 Å². The van der Waals surface area contributed by atoms with Crippen LogP contribution in [0.25, 0.3) is 5.65 Å². The molecule has 7 heteroatoms. The number of amides is 1. The molecule has 2 N–H and O–H groups in total. The lowest BCUT2D eigenvalue weighted by atomic mass is 9.96. The monoisotopic (exact) mass is 326 g/mol. The minimum absolute atomic E-state index is 0.165. The van der Waals surface area contributed by atoms with E-state index in [1.165, 1.54) is 0 Å². The average Bonchev–Trinajstić information content (AvgIpc) is 3.15. The summed E-state index contributed by atoms with van der Waals surface area (Å²) in [6.07, 6.45) is 5.19. The molecule has 0 saturated carbocycles. The first-order chi connectivity index (χ1) is 11.2. The maximum absolute atomic E-state index is 12.7. The van der Waals surface area contributed by atoms with Crippen molar-refractivity contribution in [2.75, 3.05) is 0 Å². The smallest absolute Gasteiger partial charge is 0.253 e. The number of carbonyl (C=O) groups excluding carboxylic acids is 1. The second-order valence-electron chi connectivity index (χ2n) is 7.44. The summed E-state index contributed by atoms with van der Waals surface area (Å²) >= 11 is 0. The van der Waals surface area contributed by atoms with Gasteiger partial charge in [-0.1, -0.05) is 20.8 Å². The molecule has 0 atom stereocenters. The number of H-pyrrole nitrogens is 1. The van der Waals surface area contributed by atoms with Crippen LogP contribution in [0, 0.1) is 0 Å². The van der Waals surface area contributed by atoms with E-state index in [1.807, 2.05) is 18.2 Å². The molecule has 0 aliphatic heterocycles. The van der Waals surface area contributed by atoms with Gasteiger partial charge in [0.05, 0.1) is 11.1 Å². The largest absolute Gasteiger partial charge is 0.347 e. The van der Waals surface area contributed by atoms with Crippen molar-refractivity contribution in [1.29, 1.82) is 0 Å². The zero-order valence-electron chi connectivity index (χ0n) is 14.6. The lowest BCUT2D eigenvalue weighted by Crippen LogP contribution is -2.41. The summed E-state index contributed by atoms with van der Waals surface area (Å²) in [6.45, 7) is 10.0. The van der Waals surface area contributed by atoms with Crippen LogP contribution in [0.1, 0.15) is 56.6 Å². The molecule has 3 aromatic heterocycles. The number of hydrogen-bond acceptors (Lipinski definition) is 4. The number of pyridine rings is 1. The summed E-state index contributed by atoms with van der Waals surface area (Å²) in [5, 5.41) is 11.4. The van der Waals surface area contributed by atoms with Gasteiger partial charge in [-0.2, -0.15) is 0 Å². The van der Waals surface area contributed by atoms with Gasteiger partial charge in [0.15, 0.2) is 5.65 Å². The number of nitrogens with one attached hydrogen (secondary N) is 2. The van der Waals surface area contributed by atoms with E-state index >= 15 is 0 Å². The van der Waals surface area contributed by atoms with Crippen LogP contribution in [0.15, 0.2) is 30.7 Å². The molecule has 24 heavy (non-hydrogen) atoms. The van der Waals surface area contributed by atoms with E-state index in [1.54, 1.807) is 30.7 Å². The SMILES string of the molecule is CC(C)(C)c1nnc2ccc(C(=O)NC(C)(C)c3ncc[nH]3)cn12. The van der Waals surface area contributed by atoms with Crippen LogP contribution in [0.3, 0.4) is 0 Å². The third-order valence-corrected chi connectivity index (χ3v) is 3.85. The number of aromatic amines is 1. The molecule has 0 aliphatic carbocycles. The van der Waals surface area contributed by atoms with Gasteiger partial charge >= 0.3 is 0 Å². The highest BCUT2D eigenvalue weighted by molar-refractivity contribution is 5.94. The van der Waals surface area contributed by atoms with Crippen molar-refractivity contribution in [3.05, 3.63) is 47.9 Å². The molecule has 0 bridgehead atoms. The number of nitrogens with zero attached hydrogens (tertiary/aromatic N) is 4. The van der Waals surface area contributed by atoms with E-state index in [2.05, 4.69) is 46.3 Å². The molecule has 3 aromatic rings. The number of rotatable bonds is 3. The molecule has 0 spiro atoms. The van der Waals surface area contributed by atoms with E-state index in [4.69, 9.17) is 0 Å². The fourth-order valence-corrected chi connectivity index (χ4v) is 2.56. The molecule has 0 unspecified atom stereocenters. The van der Waals surface area contributed by atoms with Crippen molar-refractivity contribution in [3.63, 3.8) is 0 Å². The fraction of sp³-hybridized carbons (Fsp3) is 0.412. The van der Waals surface area contributed by atoms with Crippen molar-refractivity contribution in [2.45, 2.75) is 45.6 Å². The van der Waals surface area contributed by atoms with Crippen LogP contribution in [0.2, 0.25) is 0 Å². The minimum atomic E-state index is -0.602. The van der Waals surface area contributed by atoms with Crippen LogP contribution in [-0.4, -0.2) is 30.5 Å². The number of hydrogen-bond donors (Lipinski definition) is 2. The second kappa shape index (κ2) is 5.43. The molecule has 126 valence electrons. The highest BCUT2D eigenvalue weighted by atomic mass is 16.1. The number of fused-ring (bicyclic) bond motifs is 1. The molecule has 0 saturated heterocycles. The van der Waals surface area contributed by atoms with Gasteiger partial charge in [0.2, 0.25) is 0 Å². The lowest BCUT2D eigenvalue weighted by Gasteiger charge is -2.24. The van der Waals surface area contributed by atoms with Crippen molar-refractivity contribution in [1.82, 2.24) is 29.9 Å². The molecule has 0 aliphatic rings. The Morgan fingerprint density at radius 1 is 1.17 bits per heavy atom. The summed E-state index contributed by atoms with van der Waals surface area (Å²) in [7, 11) is 0. The Morgan fingerprint density at radius 3 is 2.54 bits per heavy atom. The van der Waals surface area contributed by atoms with Crippen molar-refractivity contribution in [2.24, 2.45) is 0 Å². The van der Waals surface area contributed by atoms with Gasteiger partial charge in [-0.3, -0.25) is 9.20 Å². The number of aromatic nitrogens is 5. The molecular formula is C17H22N6O. The molecular weight excluding hydrogens is 304 g/mol. The van der Waals surface area contributed by atoms with E-state index in [9.17, 15) is 4.79 Å². The number of imidazole rings is 1. The molecule has 3 rings (SSSR count). The molecule has 1 amide bonds. The van der Waals surface area contributed by atoms with Crippen LogP contribution >= 0.6 is 0 Å². The highest BCUT2D eigenvalue weighted by Gasteiger charge is 2.27. The Labute approximate surface area is 140 Å². The maximum atomic E-state index is 12.7.